The van der Waals surface area contributed by atoms with Crippen LogP contribution in [0.3, 0.4) is 0 Å². The molecule has 0 aromatic heterocycles. The number of nitrogens with one attached hydrogen (secondary N) is 1. The molecule has 1 atom stereocenters. The molecule has 1 fully saturated rings. The molecule has 20 heavy (non-hydrogen) atoms. The van der Waals surface area contributed by atoms with Gasteiger partial charge in [0.25, 0.3) is 0 Å². The topological polar surface area (TPSA) is 73.6 Å². The van der Waals surface area contributed by atoms with Crippen LogP contribution < -0.4 is 11.1 Å². The van der Waals surface area contributed by atoms with Gasteiger partial charge in [0.1, 0.15) is 0 Å². The fraction of sp³-hybridized carbons (Fsp3) is 0.533. The molecule has 0 aliphatic carbocycles. The summed E-state index contributed by atoms with van der Waals surface area (Å²) in [4.78, 5) is 11.9. The molecule has 0 spiro atoms. The molecular weight excluding hydrogens is 256 g/mol. The van der Waals surface area contributed by atoms with Crippen LogP contribution in [-0.4, -0.2) is 25.2 Å². The molecule has 1 amide bonds. The van der Waals surface area contributed by atoms with Crippen LogP contribution in [-0.2, 0) is 14.3 Å². The van der Waals surface area contributed by atoms with Gasteiger partial charge in [-0.05, 0) is 24.5 Å². The Morgan fingerprint density at radius 3 is 2.45 bits per heavy atom. The molecule has 5 heteroatoms. The van der Waals surface area contributed by atoms with Crippen molar-refractivity contribution in [1.29, 1.82) is 0 Å². The van der Waals surface area contributed by atoms with Gasteiger partial charge in [-0.1, -0.05) is 26.0 Å². The van der Waals surface area contributed by atoms with Crippen LogP contribution in [0.4, 0.5) is 5.69 Å². The number of nitrogens with two attached hydrogens (primary N) is 1. The predicted octanol–water partition coefficient (Wildman–Crippen LogP) is 2.04. The summed E-state index contributed by atoms with van der Waals surface area (Å²) in [6, 6.07) is 6.97. The molecule has 110 valence electrons. The van der Waals surface area contributed by atoms with Gasteiger partial charge >= 0.3 is 0 Å². The molecule has 0 saturated carbocycles. The number of benzene rings is 1. The molecule has 0 bridgehead atoms. The van der Waals surface area contributed by atoms with Crippen LogP contribution in [0.5, 0.6) is 0 Å². The molecule has 2 rings (SSSR count). The third kappa shape index (κ3) is 4.03. The number of carbonyl (C=O) groups excluding carboxylic acids is 1. The van der Waals surface area contributed by atoms with Gasteiger partial charge in [-0.3, -0.25) is 4.79 Å². The number of amides is 1. The third-order valence-corrected chi connectivity index (χ3v) is 3.13. The van der Waals surface area contributed by atoms with Crippen LogP contribution in [0.1, 0.15) is 32.1 Å². The summed E-state index contributed by atoms with van der Waals surface area (Å²) in [6.45, 7) is 5.33. The van der Waals surface area contributed by atoms with Gasteiger partial charge in [-0.25, -0.2) is 0 Å². The summed E-state index contributed by atoms with van der Waals surface area (Å²) in [5.41, 5.74) is 7.53. The minimum absolute atomic E-state index is 0.153. The van der Waals surface area contributed by atoms with E-state index in [1.54, 1.807) is 0 Å². The molecule has 1 aromatic carbocycles. The third-order valence-electron chi connectivity index (χ3n) is 3.13. The number of hydrogen-bond donors (Lipinski definition) is 2. The molecule has 3 N–H and O–H groups in total. The first kappa shape index (κ1) is 15.0. The minimum Gasteiger partial charge on any atom is -0.346 e. The van der Waals surface area contributed by atoms with Crippen LogP contribution in [0.15, 0.2) is 24.3 Å². The minimum atomic E-state index is -0.476. The van der Waals surface area contributed by atoms with E-state index in [2.05, 4.69) is 5.32 Å². The molecule has 0 radical (unpaired) electrons. The van der Waals surface area contributed by atoms with Crippen molar-refractivity contribution in [3.05, 3.63) is 29.8 Å². The largest absolute Gasteiger partial charge is 0.346 e. The Morgan fingerprint density at radius 2 is 1.90 bits per heavy atom. The van der Waals surface area contributed by atoms with Crippen LogP contribution in [0.25, 0.3) is 0 Å². The van der Waals surface area contributed by atoms with E-state index in [-0.39, 0.29) is 12.2 Å². The Balaban J connectivity index is 1.91. The summed E-state index contributed by atoms with van der Waals surface area (Å²) in [7, 11) is 0. The summed E-state index contributed by atoms with van der Waals surface area (Å²) in [5, 5.41) is 2.82. The van der Waals surface area contributed by atoms with Crippen LogP contribution in [0, 0.1) is 5.92 Å². The lowest BCUT2D eigenvalue weighted by atomic mass is 10.0. The summed E-state index contributed by atoms with van der Waals surface area (Å²) >= 11 is 0. The van der Waals surface area contributed by atoms with Crippen molar-refractivity contribution in [2.45, 2.75) is 32.6 Å². The van der Waals surface area contributed by atoms with E-state index < -0.39 is 6.04 Å². The van der Waals surface area contributed by atoms with Gasteiger partial charge in [0.05, 0.1) is 19.3 Å². The molecule has 1 heterocycles. The molecule has 0 unspecified atom stereocenters. The maximum atomic E-state index is 11.9. The SMILES string of the molecule is CC(C)C[C@@H](N)C(=O)Nc1ccc(C2OCCO2)cc1. The average molecular weight is 278 g/mol. The van der Waals surface area contributed by atoms with Gasteiger partial charge in [0, 0.05) is 11.3 Å². The Hall–Kier alpha value is -1.43. The maximum Gasteiger partial charge on any atom is 0.241 e. The van der Waals surface area contributed by atoms with Gasteiger partial charge in [0.2, 0.25) is 5.91 Å². The molecule has 1 saturated heterocycles. The van der Waals surface area contributed by atoms with Crippen molar-refractivity contribution < 1.29 is 14.3 Å². The first-order valence-electron chi connectivity index (χ1n) is 6.96. The zero-order chi connectivity index (χ0) is 14.5. The average Bonchev–Trinajstić information content (AvgIpc) is 2.92. The van der Waals surface area contributed by atoms with E-state index >= 15 is 0 Å². The van der Waals surface area contributed by atoms with Gasteiger partial charge in [-0.2, -0.15) is 0 Å². The Bertz CT molecular complexity index is 439. The number of anilines is 1. The highest BCUT2D eigenvalue weighted by atomic mass is 16.7. The van der Waals surface area contributed by atoms with E-state index in [4.69, 9.17) is 15.2 Å². The highest BCUT2D eigenvalue weighted by molar-refractivity contribution is 5.94. The quantitative estimate of drug-likeness (QED) is 0.864. The smallest absolute Gasteiger partial charge is 0.241 e. The Kier molecular flexibility index (Phi) is 5.11. The van der Waals surface area contributed by atoms with E-state index in [1.165, 1.54) is 0 Å². The lowest BCUT2D eigenvalue weighted by Crippen LogP contribution is -2.36. The number of rotatable bonds is 5. The monoisotopic (exact) mass is 278 g/mol. The Morgan fingerprint density at radius 1 is 1.30 bits per heavy atom. The standard InChI is InChI=1S/C15H22N2O3/c1-10(2)9-13(16)14(18)17-12-5-3-11(4-6-12)15-19-7-8-20-15/h3-6,10,13,15H,7-9,16H2,1-2H3,(H,17,18)/t13-/m1/s1. The fourth-order valence-corrected chi connectivity index (χ4v) is 2.12. The number of ether oxygens (including phenoxy) is 2. The van der Waals surface area contributed by atoms with Crippen molar-refractivity contribution in [1.82, 2.24) is 0 Å². The zero-order valence-electron chi connectivity index (χ0n) is 12.0. The molecular formula is C15H22N2O3. The fourth-order valence-electron chi connectivity index (χ4n) is 2.12. The van der Waals surface area contributed by atoms with Crippen LogP contribution >= 0.6 is 0 Å². The van der Waals surface area contributed by atoms with E-state index in [9.17, 15) is 4.79 Å². The van der Waals surface area contributed by atoms with Crippen molar-refractivity contribution in [3.63, 3.8) is 0 Å². The first-order chi connectivity index (χ1) is 9.56. The number of carbonyl (C=O) groups is 1. The second kappa shape index (κ2) is 6.83. The predicted molar refractivity (Wildman–Crippen MR) is 77.1 cm³/mol. The molecule has 1 aliphatic rings. The summed E-state index contributed by atoms with van der Waals surface area (Å²) in [6.07, 6.45) is 0.385. The summed E-state index contributed by atoms with van der Waals surface area (Å²) < 4.78 is 10.8. The second-order valence-electron chi connectivity index (χ2n) is 5.42. The van der Waals surface area contributed by atoms with Crippen molar-refractivity contribution in [2.75, 3.05) is 18.5 Å². The molecule has 5 nitrogen and oxygen atoms in total. The lowest BCUT2D eigenvalue weighted by molar-refractivity contribution is -0.117. The highest BCUT2D eigenvalue weighted by Gasteiger charge is 2.18. The van der Waals surface area contributed by atoms with Crippen molar-refractivity contribution in [2.24, 2.45) is 11.7 Å². The summed E-state index contributed by atoms with van der Waals surface area (Å²) in [5.74, 6) is 0.245. The van der Waals surface area contributed by atoms with Gasteiger partial charge in [0.15, 0.2) is 6.29 Å². The first-order valence-corrected chi connectivity index (χ1v) is 6.96. The van der Waals surface area contributed by atoms with Crippen molar-refractivity contribution >= 4 is 11.6 Å². The maximum absolute atomic E-state index is 11.9. The Labute approximate surface area is 119 Å². The molecule has 1 aliphatic heterocycles. The van der Waals surface area contributed by atoms with Crippen LogP contribution in [0.2, 0.25) is 0 Å². The second-order valence-corrected chi connectivity index (χ2v) is 5.42. The van der Waals surface area contributed by atoms with Gasteiger partial charge in [-0.15, -0.1) is 0 Å². The normalized spacial score (nSPS) is 17.4. The number of hydrogen-bond acceptors (Lipinski definition) is 4. The molecule has 1 aromatic rings. The zero-order valence-corrected chi connectivity index (χ0v) is 12.0. The van der Waals surface area contributed by atoms with Crippen molar-refractivity contribution in [3.8, 4) is 0 Å². The van der Waals surface area contributed by atoms with Gasteiger partial charge < -0.3 is 20.5 Å². The van der Waals surface area contributed by atoms with E-state index in [1.807, 2.05) is 38.1 Å². The van der Waals surface area contributed by atoms with E-state index in [0.717, 1.165) is 11.3 Å². The highest BCUT2D eigenvalue weighted by Crippen LogP contribution is 2.24. The van der Waals surface area contributed by atoms with E-state index in [0.29, 0.717) is 25.6 Å². The lowest BCUT2D eigenvalue weighted by Gasteiger charge is -2.15.